The van der Waals surface area contributed by atoms with Gasteiger partial charge in [0.15, 0.2) is 11.2 Å². The zero-order valence-electron chi connectivity index (χ0n) is 15.5. The second-order valence-electron chi connectivity index (χ2n) is 7.05. The number of anilines is 1. The van der Waals surface area contributed by atoms with Crippen LogP contribution in [0, 0.1) is 5.82 Å². The molecule has 7 nitrogen and oxygen atoms in total. The molecule has 1 saturated heterocycles. The fraction of sp³-hybridized carbons (Fsp3) is 0.421. The third-order valence-electron chi connectivity index (χ3n) is 5.22. The monoisotopic (exact) mass is 371 g/mol. The number of imidazole rings is 1. The molecular weight excluding hydrogens is 349 g/mol. The summed E-state index contributed by atoms with van der Waals surface area (Å²) in [5.41, 5.74) is 0.871. The Hall–Kier alpha value is -2.90. The predicted molar refractivity (Wildman–Crippen MR) is 102 cm³/mol. The number of hydrogen-bond donors (Lipinski definition) is 0. The number of aromatic nitrogens is 4. The van der Waals surface area contributed by atoms with Crippen molar-refractivity contribution in [2.75, 3.05) is 18.0 Å². The van der Waals surface area contributed by atoms with Gasteiger partial charge in [0.25, 0.3) is 5.56 Å². The highest BCUT2D eigenvalue weighted by molar-refractivity contribution is 5.74. The highest BCUT2D eigenvalue weighted by atomic mass is 19.1. The maximum atomic E-state index is 13.3. The number of piperidine rings is 1. The van der Waals surface area contributed by atoms with E-state index in [9.17, 15) is 14.0 Å². The second kappa shape index (κ2) is 6.68. The van der Waals surface area contributed by atoms with Crippen molar-refractivity contribution in [3.63, 3.8) is 0 Å². The van der Waals surface area contributed by atoms with Gasteiger partial charge >= 0.3 is 5.69 Å². The first kappa shape index (κ1) is 17.5. The van der Waals surface area contributed by atoms with Gasteiger partial charge in [0.2, 0.25) is 5.95 Å². The molecule has 0 aliphatic carbocycles. The van der Waals surface area contributed by atoms with Crippen LogP contribution >= 0.6 is 0 Å². The van der Waals surface area contributed by atoms with Crippen LogP contribution in [0.1, 0.15) is 24.8 Å². The van der Waals surface area contributed by atoms with Gasteiger partial charge in [0.1, 0.15) is 5.82 Å². The summed E-state index contributed by atoms with van der Waals surface area (Å²) in [6.45, 7) is 2.11. The molecule has 0 saturated carbocycles. The van der Waals surface area contributed by atoms with Gasteiger partial charge in [-0.3, -0.25) is 18.5 Å². The molecule has 0 bridgehead atoms. The molecule has 142 valence electrons. The van der Waals surface area contributed by atoms with Gasteiger partial charge in [-0.1, -0.05) is 12.1 Å². The molecule has 1 aromatic carbocycles. The average Bonchev–Trinajstić information content (AvgIpc) is 3.06. The molecule has 27 heavy (non-hydrogen) atoms. The molecule has 0 atom stereocenters. The molecule has 0 radical (unpaired) electrons. The first-order valence-electron chi connectivity index (χ1n) is 9.13. The summed E-state index contributed by atoms with van der Waals surface area (Å²) in [5, 5.41) is 0. The lowest BCUT2D eigenvalue weighted by Gasteiger charge is -2.28. The normalized spacial score (nSPS) is 14.9. The first-order chi connectivity index (χ1) is 13.0. The number of aryl methyl sites for hydroxylation is 1. The summed E-state index contributed by atoms with van der Waals surface area (Å²) in [6, 6.07) is 6.22. The van der Waals surface area contributed by atoms with Crippen molar-refractivity contribution in [3.05, 3.63) is 56.5 Å². The highest BCUT2D eigenvalue weighted by Gasteiger charge is 2.23. The molecule has 3 aromatic rings. The van der Waals surface area contributed by atoms with Crippen LogP contribution in [0.5, 0.6) is 0 Å². The van der Waals surface area contributed by atoms with E-state index in [2.05, 4.69) is 9.88 Å². The standard InChI is InChI=1S/C19H22FN5O2/c1-22-16-15(17(26)23(2)19(22)27)25(12-13-6-8-14(20)9-7-13)18(21-16)24-10-4-3-5-11-24/h6-9H,3-5,10-12H2,1-2H3. The van der Waals surface area contributed by atoms with Crippen LogP contribution in [0.25, 0.3) is 11.2 Å². The smallest absolute Gasteiger partial charge is 0.332 e. The van der Waals surface area contributed by atoms with Gasteiger partial charge < -0.3 is 4.90 Å². The fourth-order valence-corrected chi connectivity index (χ4v) is 3.69. The summed E-state index contributed by atoms with van der Waals surface area (Å²) in [4.78, 5) is 32.0. The molecule has 1 aliphatic heterocycles. The summed E-state index contributed by atoms with van der Waals surface area (Å²) >= 11 is 0. The molecule has 8 heteroatoms. The number of rotatable bonds is 3. The molecule has 3 heterocycles. The second-order valence-corrected chi connectivity index (χ2v) is 7.05. The fourth-order valence-electron chi connectivity index (χ4n) is 3.69. The lowest BCUT2D eigenvalue weighted by molar-refractivity contribution is 0.560. The lowest BCUT2D eigenvalue weighted by Crippen LogP contribution is -2.37. The van der Waals surface area contributed by atoms with Crippen LogP contribution in [0.3, 0.4) is 0 Å². The Balaban J connectivity index is 1.95. The topological polar surface area (TPSA) is 65.1 Å². The summed E-state index contributed by atoms with van der Waals surface area (Å²) in [6.07, 6.45) is 3.31. The van der Waals surface area contributed by atoms with E-state index in [1.807, 2.05) is 4.57 Å². The van der Waals surface area contributed by atoms with E-state index in [0.717, 1.165) is 36.1 Å². The minimum atomic E-state index is -0.399. The summed E-state index contributed by atoms with van der Waals surface area (Å²) in [5.74, 6) is 0.385. The van der Waals surface area contributed by atoms with E-state index < -0.39 is 5.69 Å². The van der Waals surface area contributed by atoms with Gasteiger partial charge in [-0.25, -0.2) is 9.18 Å². The molecule has 1 aliphatic rings. The van der Waals surface area contributed by atoms with Gasteiger partial charge in [-0.15, -0.1) is 0 Å². The van der Waals surface area contributed by atoms with Crippen LogP contribution < -0.4 is 16.1 Å². The van der Waals surface area contributed by atoms with Crippen molar-refractivity contribution in [2.24, 2.45) is 14.1 Å². The lowest BCUT2D eigenvalue weighted by atomic mass is 10.1. The van der Waals surface area contributed by atoms with Crippen molar-refractivity contribution >= 4 is 17.1 Å². The molecule has 1 fully saturated rings. The largest absolute Gasteiger partial charge is 0.342 e. The Morgan fingerprint density at radius 2 is 1.67 bits per heavy atom. The number of hydrogen-bond acceptors (Lipinski definition) is 4. The third kappa shape index (κ3) is 2.94. The van der Waals surface area contributed by atoms with Crippen LogP contribution in [0.2, 0.25) is 0 Å². The molecule has 0 amide bonds. The third-order valence-corrected chi connectivity index (χ3v) is 5.22. The molecule has 2 aromatic heterocycles. The zero-order chi connectivity index (χ0) is 19.1. The Bertz CT molecular complexity index is 1100. The molecule has 0 spiro atoms. The van der Waals surface area contributed by atoms with Crippen molar-refractivity contribution in [3.8, 4) is 0 Å². The highest BCUT2D eigenvalue weighted by Crippen LogP contribution is 2.24. The quantitative estimate of drug-likeness (QED) is 0.702. The predicted octanol–water partition coefficient (Wildman–Crippen LogP) is 1.61. The van der Waals surface area contributed by atoms with E-state index in [4.69, 9.17) is 0 Å². The van der Waals surface area contributed by atoms with Gasteiger partial charge in [0, 0.05) is 27.2 Å². The van der Waals surface area contributed by atoms with Crippen LogP contribution in [0.15, 0.2) is 33.9 Å². The number of fused-ring (bicyclic) bond motifs is 1. The van der Waals surface area contributed by atoms with Gasteiger partial charge in [-0.05, 0) is 37.0 Å². The number of halogens is 1. The van der Waals surface area contributed by atoms with Crippen molar-refractivity contribution < 1.29 is 4.39 Å². The van der Waals surface area contributed by atoms with Gasteiger partial charge in [-0.2, -0.15) is 4.98 Å². The number of benzene rings is 1. The summed E-state index contributed by atoms with van der Waals surface area (Å²) < 4.78 is 17.7. The molecular formula is C19H22FN5O2. The van der Waals surface area contributed by atoms with E-state index in [1.165, 1.54) is 30.2 Å². The van der Waals surface area contributed by atoms with Crippen molar-refractivity contribution in [2.45, 2.75) is 25.8 Å². The first-order valence-corrected chi connectivity index (χ1v) is 9.13. The summed E-state index contributed by atoms with van der Waals surface area (Å²) in [7, 11) is 3.10. The van der Waals surface area contributed by atoms with Crippen LogP contribution in [0.4, 0.5) is 10.3 Å². The zero-order valence-corrected chi connectivity index (χ0v) is 15.5. The van der Waals surface area contributed by atoms with Crippen molar-refractivity contribution in [1.82, 2.24) is 18.7 Å². The SMILES string of the molecule is Cn1c(=O)c2c(nc(N3CCCCC3)n2Cc2ccc(F)cc2)n(C)c1=O. The number of nitrogens with zero attached hydrogens (tertiary/aromatic N) is 5. The van der Waals surface area contributed by atoms with E-state index in [-0.39, 0.29) is 11.4 Å². The van der Waals surface area contributed by atoms with Crippen molar-refractivity contribution in [1.29, 1.82) is 0 Å². The van der Waals surface area contributed by atoms with Gasteiger partial charge in [0.05, 0.1) is 6.54 Å². The Labute approximate surface area is 155 Å². The maximum Gasteiger partial charge on any atom is 0.332 e. The maximum absolute atomic E-state index is 13.3. The molecule has 0 unspecified atom stereocenters. The Morgan fingerprint density at radius 3 is 2.33 bits per heavy atom. The van der Waals surface area contributed by atoms with E-state index in [0.29, 0.717) is 23.7 Å². The minimum absolute atomic E-state index is 0.302. The Kier molecular flexibility index (Phi) is 4.33. The minimum Gasteiger partial charge on any atom is -0.342 e. The van der Waals surface area contributed by atoms with E-state index >= 15 is 0 Å². The Morgan fingerprint density at radius 1 is 1.00 bits per heavy atom. The van der Waals surface area contributed by atoms with E-state index in [1.54, 1.807) is 19.2 Å². The average molecular weight is 371 g/mol. The molecule has 4 rings (SSSR count). The van der Waals surface area contributed by atoms with Crippen LogP contribution in [-0.2, 0) is 20.6 Å². The van der Waals surface area contributed by atoms with Crippen LogP contribution in [-0.4, -0.2) is 31.8 Å². The molecule has 0 N–H and O–H groups in total.